The highest BCUT2D eigenvalue weighted by atomic mass is 16.1. The number of aromatic nitrogens is 1. The van der Waals surface area contributed by atoms with Crippen molar-refractivity contribution < 1.29 is 4.79 Å². The van der Waals surface area contributed by atoms with Gasteiger partial charge in [0.25, 0.3) is 0 Å². The predicted molar refractivity (Wildman–Crippen MR) is 94.8 cm³/mol. The van der Waals surface area contributed by atoms with Crippen LogP contribution in [0.3, 0.4) is 0 Å². The third-order valence-corrected chi connectivity index (χ3v) is 4.38. The Kier molecular flexibility index (Phi) is 3.60. The standard InChI is InChI=1S/C19H21N3O/c1-19(2,18(21)23)11-15-13(6-4-8-16(15)20)14-7-3-5-12-9-10-22-17(12)14/h3-10,22H,11,20H2,1-2H3,(H2,21,23). The highest BCUT2D eigenvalue weighted by Gasteiger charge is 2.27. The third kappa shape index (κ3) is 2.68. The summed E-state index contributed by atoms with van der Waals surface area (Å²) >= 11 is 0. The van der Waals surface area contributed by atoms with E-state index in [0.29, 0.717) is 12.1 Å². The van der Waals surface area contributed by atoms with Crippen molar-refractivity contribution in [2.45, 2.75) is 20.3 Å². The molecular formula is C19H21N3O. The zero-order valence-electron chi connectivity index (χ0n) is 13.4. The summed E-state index contributed by atoms with van der Waals surface area (Å²) in [7, 11) is 0. The van der Waals surface area contributed by atoms with Crippen LogP contribution in [-0.4, -0.2) is 10.9 Å². The molecule has 5 N–H and O–H groups in total. The van der Waals surface area contributed by atoms with E-state index < -0.39 is 5.41 Å². The van der Waals surface area contributed by atoms with Crippen LogP contribution in [0.5, 0.6) is 0 Å². The van der Waals surface area contributed by atoms with Gasteiger partial charge in [-0.15, -0.1) is 0 Å². The maximum atomic E-state index is 11.7. The Morgan fingerprint density at radius 2 is 1.78 bits per heavy atom. The van der Waals surface area contributed by atoms with Crippen LogP contribution >= 0.6 is 0 Å². The molecule has 3 rings (SSSR count). The van der Waals surface area contributed by atoms with Gasteiger partial charge in [-0.1, -0.05) is 44.2 Å². The lowest BCUT2D eigenvalue weighted by molar-refractivity contribution is -0.125. The van der Waals surface area contributed by atoms with Gasteiger partial charge in [-0.05, 0) is 35.1 Å². The van der Waals surface area contributed by atoms with Gasteiger partial charge in [-0.3, -0.25) is 4.79 Å². The van der Waals surface area contributed by atoms with Gasteiger partial charge in [0.1, 0.15) is 0 Å². The van der Waals surface area contributed by atoms with Gasteiger partial charge in [-0.2, -0.15) is 0 Å². The second-order valence-corrected chi connectivity index (χ2v) is 6.55. The van der Waals surface area contributed by atoms with Gasteiger partial charge in [0.05, 0.1) is 5.52 Å². The number of benzene rings is 2. The summed E-state index contributed by atoms with van der Waals surface area (Å²) in [5, 5.41) is 1.14. The molecule has 0 aliphatic heterocycles. The summed E-state index contributed by atoms with van der Waals surface area (Å²) in [6, 6.07) is 14.0. The van der Waals surface area contributed by atoms with Crippen molar-refractivity contribution in [2.24, 2.45) is 11.1 Å². The number of nitrogens with one attached hydrogen (secondary N) is 1. The topological polar surface area (TPSA) is 84.9 Å². The van der Waals surface area contributed by atoms with Crippen LogP contribution in [0.4, 0.5) is 5.69 Å². The minimum Gasteiger partial charge on any atom is -0.398 e. The highest BCUT2D eigenvalue weighted by molar-refractivity contribution is 5.96. The summed E-state index contributed by atoms with van der Waals surface area (Å²) in [6.45, 7) is 3.70. The smallest absolute Gasteiger partial charge is 0.223 e. The van der Waals surface area contributed by atoms with E-state index >= 15 is 0 Å². The lowest BCUT2D eigenvalue weighted by atomic mass is 9.81. The number of nitrogen functional groups attached to an aromatic ring is 1. The molecule has 0 spiro atoms. The van der Waals surface area contributed by atoms with Crippen molar-refractivity contribution in [3.05, 3.63) is 54.2 Å². The van der Waals surface area contributed by atoms with Gasteiger partial charge in [0.2, 0.25) is 5.91 Å². The Morgan fingerprint density at radius 1 is 1.09 bits per heavy atom. The van der Waals surface area contributed by atoms with Crippen molar-refractivity contribution >= 4 is 22.5 Å². The van der Waals surface area contributed by atoms with E-state index in [0.717, 1.165) is 27.6 Å². The maximum absolute atomic E-state index is 11.7. The van der Waals surface area contributed by atoms with E-state index in [9.17, 15) is 4.79 Å². The molecule has 4 nitrogen and oxygen atoms in total. The average molecular weight is 307 g/mol. The Morgan fingerprint density at radius 3 is 2.52 bits per heavy atom. The summed E-state index contributed by atoms with van der Waals surface area (Å²) in [5.74, 6) is -0.329. The Labute approximate surface area is 135 Å². The first-order valence-electron chi connectivity index (χ1n) is 7.64. The second-order valence-electron chi connectivity index (χ2n) is 6.55. The van der Waals surface area contributed by atoms with Crippen LogP contribution in [0.1, 0.15) is 19.4 Å². The number of carbonyl (C=O) groups excluding carboxylic acids is 1. The van der Waals surface area contributed by atoms with Crippen LogP contribution in [-0.2, 0) is 11.2 Å². The summed E-state index contributed by atoms with van der Waals surface area (Å²) in [4.78, 5) is 15.0. The van der Waals surface area contributed by atoms with Crippen molar-refractivity contribution in [1.29, 1.82) is 0 Å². The Bertz CT molecular complexity index is 877. The van der Waals surface area contributed by atoms with Crippen LogP contribution in [0, 0.1) is 5.41 Å². The van der Waals surface area contributed by atoms with Crippen molar-refractivity contribution in [3.63, 3.8) is 0 Å². The Balaban J connectivity index is 2.19. The summed E-state index contributed by atoms with van der Waals surface area (Å²) in [5.41, 5.74) is 15.9. The molecule has 0 aliphatic carbocycles. The quantitative estimate of drug-likeness (QED) is 0.645. The van der Waals surface area contributed by atoms with Gasteiger partial charge in [0.15, 0.2) is 0 Å². The van der Waals surface area contributed by atoms with Crippen molar-refractivity contribution in [2.75, 3.05) is 5.73 Å². The number of amides is 1. The van der Waals surface area contributed by atoms with Crippen LogP contribution < -0.4 is 11.5 Å². The van der Waals surface area contributed by atoms with Gasteiger partial charge in [0, 0.05) is 22.9 Å². The zero-order valence-corrected chi connectivity index (χ0v) is 13.4. The number of H-pyrrole nitrogens is 1. The molecular weight excluding hydrogens is 286 g/mol. The number of nitrogens with two attached hydrogens (primary N) is 2. The molecule has 0 unspecified atom stereocenters. The van der Waals surface area contributed by atoms with E-state index in [1.165, 1.54) is 0 Å². The largest absolute Gasteiger partial charge is 0.398 e. The Hall–Kier alpha value is -2.75. The first kappa shape index (κ1) is 15.2. The minimum atomic E-state index is -0.659. The monoisotopic (exact) mass is 307 g/mol. The number of anilines is 1. The molecule has 0 aliphatic rings. The van der Waals surface area contributed by atoms with E-state index in [2.05, 4.69) is 17.1 Å². The molecule has 2 aromatic carbocycles. The summed E-state index contributed by atoms with van der Waals surface area (Å²) < 4.78 is 0. The molecule has 4 heteroatoms. The normalized spacial score (nSPS) is 11.7. The zero-order chi connectivity index (χ0) is 16.6. The first-order valence-corrected chi connectivity index (χ1v) is 7.64. The van der Waals surface area contributed by atoms with E-state index in [1.54, 1.807) is 0 Å². The number of primary amides is 1. The van der Waals surface area contributed by atoms with Gasteiger partial charge < -0.3 is 16.5 Å². The molecule has 0 fully saturated rings. The molecule has 0 atom stereocenters. The van der Waals surface area contributed by atoms with E-state index in [-0.39, 0.29) is 5.91 Å². The number of para-hydroxylation sites is 1. The van der Waals surface area contributed by atoms with E-state index in [4.69, 9.17) is 11.5 Å². The second kappa shape index (κ2) is 5.47. The number of hydrogen-bond acceptors (Lipinski definition) is 2. The van der Waals surface area contributed by atoms with E-state index in [1.807, 2.05) is 50.4 Å². The maximum Gasteiger partial charge on any atom is 0.223 e. The van der Waals surface area contributed by atoms with Gasteiger partial charge in [-0.25, -0.2) is 0 Å². The van der Waals surface area contributed by atoms with Crippen molar-refractivity contribution in [1.82, 2.24) is 4.98 Å². The molecule has 1 heterocycles. The molecule has 3 aromatic rings. The third-order valence-electron chi connectivity index (χ3n) is 4.38. The molecule has 0 saturated carbocycles. The van der Waals surface area contributed by atoms with Crippen LogP contribution in [0.2, 0.25) is 0 Å². The molecule has 0 saturated heterocycles. The van der Waals surface area contributed by atoms with Crippen molar-refractivity contribution in [3.8, 4) is 11.1 Å². The molecule has 23 heavy (non-hydrogen) atoms. The highest BCUT2D eigenvalue weighted by Crippen LogP contribution is 2.36. The number of aromatic amines is 1. The predicted octanol–water partition coefficient (Wildman–Crippen LogP) is 3.47. The fraction of sp³-hybridized carbons (Fsp3) is 0.211. The fourth-order valence-electron chi connectivity index (χ4n) is 2.89. The number of rotatable bonds is 4. The van der Waals surface area contributed by atoms with Crippen LogP contribution in [0.15, 0.2) is 48.7 Å². The minimum absolute atomic E-state index is 0.329. The number of hydrogen-bond donors (Lipinski definition) is 3. The average Bonchev–Trinajstić information content (AvgIpc) is 2.97. The number of fused-ring (bicyclic) bond motifs is 1. The molecule has 1 amide bonds. The lowest BCUT2D eigenvalue weighted by Gasteiger charge is -2.23. The SMILES string of the molecule is CC(C)(Cc1c(N)cccc1-c1cccc2cc[nH]c12)C(N)=O. The van der Waals surface area contributed by atoms with Crippen LogP contribution in [0.25, 0.3) is 22.0 Å². The number of carbonyl (C=O) groups is 1. The molecule has 0 bridgehead atoms. The molecule has 118 valence electrons. The fourth-order valence-corrected chi connectivity index (χ4v) is 2.89. The summed E-state index contributed by atoms with van der Waals surface area (Å²) in [6.07, 6.45) is 2.43. The first-order chi connectivity index (χ1) is 10.9. The lowest BCUT2D eigenvalue weighted by Crippen LogP contribution is -2.33. The molecule has 1 aromatic heterocycles. The molecule has 0 radical (unpaired) electrons. The van der Waals surface area contributed by atoms with Gasteiger partial charge >= 0.3 is 0 Å².